The molecule has 2 aromatic carbocycles. The maximum Gasteiger partial charge on any atom is 0.131 e. The van der Waals surface area contributed by atoms with Gasteiger partial charge in [-0.25, -0.2) is 8.78 Å². The summed E-state index contributed by atoms with van der Waals surface area (Å²) in [5.74, 6) is -0.769. The lowest BCUT2D eigenvalue weighted by Crippen LogP contribution is -2.19. The Hall–Kier alpha value is -1.74. The number of aryl methyl sites for hydroxylation is 1. The van der Waals surface area contributed by atoms with Crippen LogP contribution in [0.15, 0.2) is 36.4 Å². The van der Waals surface area contributed by atoms with E-state index < -0.39 is 0 Å². The molecule has 0 amide bonds. The number of halogens is 2. The highest BCUT2D eigenvalue weighted by Crippen LogP contribution is 2.27. The summed E-state index contributed by atoms with van der Waals surface area (Å²) in [6, 6.07) is 10.3. The average molecular weight is 289 g/mol. The van der Waals surface area contributed by atoms with Crippen LogP contribution in [0.4, 0.5) is 8.78 Å². The molecule has 21 heavy (non-hydrogen) atoms. The van der Waals surface area contributed by atoms with Gasteiger partial charge in [-0.15, -0.1) is 0 Å². The molecule has 0 saturated heterocycles. The van der Waals surface area contributed by atoms with E-state index in [1.54, 1.807) is 6.92 Å². The minimum Gasteiger partial charge on any atom is -0.310 e. The van der Waals surface area contributed by atoms with Crippen LogP contribution in [0.25, 0.3) is 11.1 Å². The molecule has 0 aromatic heterocycles. The topological polar surface area (TPSA) is 12.0 Å². The first-order valence-electron chi connectivity index (χ1n) is 7.32. The molecule has 1 N–H and O–H groups in total. The Morgan fingerprint density at radius 1 is 1.10 bits per heavy atom. The predicted octanol–water partition coefficient (Wildman–Crippen LogP) is 5.00. The molecule has 0 aliphatic carbocycles. The number of nitrogens with one attached hydrogen (secondary N) is 1. The van der Waals surface area contributed by atoms with Gasteiger partial charge in [-0.2, -0.15) is 0 Å². The Morgan fingerprint density at radius 2 is 1.86 bits per heavy atom. The van der Waals surface area contributed by atoms with Gasteiger partial charge in [0.25, 0.3) is 0 Å². The molecule has 0 heterocycles. The fraction of sp³-hybridized carbons (Fsp3) is 0.333. The van der Waals surface area contributed by atoms with Crippen molar-refractivity contribution in [2.45, 2.75) is 33.2 Å². The third kappa shape index (κ3) is 3.67. The molecule has 0 aliphatic heterocycles. The monoisotopic (exact) mass is 289 g/mol. The van der Waals surface area contributed by atoms with Gasteiger partial charge < -0.3 is 5.32 Å². The van der Waals surface area contributed by atoms with Gasteiger partial charge in [0.15, 0.2) is 0 Å². The van der Waals surface area contributed by atoms with E-state index in [1.165, 1.54) is 12.1 Å². The summed E-state index contributed by atoms with van der Waals surface area (Å²) >= 11 is 0. The van der Waals surface area contributed by atoms with Crippen molar-refractivity contribution < 1.29 is 8.78 Å². The Kier molecular flexibility index (Phi) is 5.07. The average Bonchev–Trinajstić information content (AvgIpc) is 2.48. The Morgan fingerprint density at radius 3 is 2.57 bits per heavy atom. The molecule has 0 bridgehead atoms. The summed E-state index contributed by atoms with van der Waals surface area (Å²) < 4.78 is 27.8. The van der Waals surface area contributed by atoms with E-state index in [4.69, 9.17) is 0 Å². The molecule has 1 nitrogen and oxygen atoms in total. The van der Waals surface area contributed by atoms with Gasteiger partial charge in [0.05, 0.1) is 0 Å². The molecule has 2 rings (SSSR count). The van der Waals surface area contributed by atoms with E-state index in [2.05, 4.69) is 19.2 Å². The first kappa shape index (κ1) is 15.6. The minimum absolute atomic E-state index is 0.184. The largest absolute Gasteiger partial charge is 0.310 e. The van der Waals surface area contributed by atoms with Crippen molar-refractivity contribution in [1.29, 1.82) is 0 Å². The number of hydrogen-bond acceptors (Lipinski definition) is 1. The van der Waals surface area contributed by atoms with Crippen LogP contribution < -0.4 is 5.32 Å². The first-order chi connectivity index (χ1) is 10.0. The second-order valence-corrected chi connectivity index (χ2v) is 5.38. The summed E-state index contributed by atoms with van der Waals surface area (Å²) in [5.41, 5.74) is 2.41. The van der Waals surface area contributed by atoms with Gasteiger partial charge in [0.2, 0.25) is 0 Å². The van der Waals surface area contributed by atoms with Crippen molar-refractivity contribution in [1.82, 2.24) is 5.32 Å². The van der Waals surface area contributed by atoms with Crippen molar-refractivity contribution >= 4 is 0 Å². The quantitative estimate of drug-likeness (QED) is 0.816. The summed E-state index contributed by atoms with van der Waals surface area (Å²) in [7, 11) is 0. The normalized spacial score (nSPS) is 12.4. The van der Waals surface area contributed by atoms with Crippen LogP contribution in [0.2, 0.25) is 0 Å². The fourth-order valence-corrected chi connectivity index (χ4v) is 2.32. The molecular formula is C18H21F2N. The highest BCUT2D eigenvalue weighted by molar-refractivity contribution is 5.65. The van der Waals surface area contributed by atoms with Gasteiger partial charge >= 0.3 is 0 Å². The maximum absolute atomic E-state index is 14.1. The van der Waals surface area contributed by atoms with E-state index in [1.807, 2.05) is 24.3 Å². The van der Waals surface area contributed by atoms with E-state index in [9.17, 15) is 8.78 Å². The van der Waals surface area contributed by atoms with Gasteiger partial charge in [-0.1, -0.05) is 25.1 Å². The summed E-state index contributed by atoms with van der Waals surface area (Å²) in [6.45, 7) is 6.68. The van der Waals surface area contributed by atoms with E-state index in [-0.39, 0.29) is 17.7 Å². The molecule has 3 heteroatoms. The zero-order chi connectivity index (χ0) is 15.4. The zero-order valence-electron chi connectivity index (χ0n) is 12.7. The second kappa shape index (κ2) is 6.81. The molecule has 112 valence electrons. The summed E-state index contributed by atoms with van der Waals surface area (Å²) in [6.07, 6.45) is 1.06. The van der Waals surface area contributed by atoms with Crippen LogP contribution in [-0.4, -0.2) is 6.54 Å². The second-order valence-electron chi connectivity index (χ2n) is 5.38. The van der Waals surface area contributed by atoms with E-state index in [0.717, 1.165) is 18.5 Å². The SMILES string of the molecule is CCCNC(C)c1cccc(-c2cc(F)c(C)cc2F)c1. The minimum atomic E-state index is -0.389. The maximum atomic E-state index is 14.1. The van der Waals surface area contributed by atoms with Crippen LogP contribution in [0.1, 0.15) is 37.4 Å². The standard InChI is InChI=1S/C18H21F2N/c1-4-8-21-13(3)14-6-5-7-15(10-14)16-11-17(19)12(2)9-18(16)20/h5-7,9-11,13,21H,4,8H2,1-3H3. The molecule has 1 atom stereocenters. The molecule has 2 aromatic rings. The molecule has 1 unspecified atom stereocenters. The molecule has 0 spiro atoms. The van der Waals surface area contributed by atoms with Crippen molar-refractivity contribution in [3.63, 3.8) is 0 Å². The van der Waals surface area contributed by atoms with Crippen molar-refractivity contribution in [3.8, 4) is 11.1 Å². The molecular weight excluding hydrogens is 268 g/mol. The first-order valence-corrected chi connectivity index (χ1v) is 7.32. The van der Waals surface area contributed by atoms with Crippen molar-refractivity contribution in [2.75, 3.05) is 6.54 Å². The smallest absolute Gasteiger partial charge is 0.131 e. The fourth-order valence-electron chi connectivity index (χ4n) is 2.32. The summed E-state index contributed by atoms with van der Waals surface area (Å²) in [4.78, 5) is 0. The number of hydrogen-bond donors (Lipinski definition) is 1. The Labute approximate surface area is 125 Å². The lowest BCUT2D eigenvalue weighted by molar-refractivity contribution is 0.570. The van der Waals surface area contributed by atoms with Crippen LogP contribution in [0, 0.1) is 18.6 Å². The van der Waals surface area contributed by atoms with Crippen LogP contribution in [-0.2, 0) is 0 Å². The van der Waals surface area contributed by atoms with Crippen molar-refractivity contribution in [3.05, 3.63) is 59.2 Å². The van der Waals surface area contributed by atoms with Gasteiger partial charge in [0, 0.05) is 11.6 Å². The lowest BCUT2D eigenvalue weighted by Gasteiger charge is -2.15. The lowest BCUT2D eigenvalue weighted by atomic mass is 9.98. The Balaban J connectivity index is 2.35. The Bertz CT molecular complexity index is 623. The van der Waals surface area contributed by atoms with E-state index in [0.29, 0.717) is 16.7 Å². The number of rotatable bonds is 5. The molecule has 0 radical (unpaired) electrons. The van der Waals surface area contributed by atoms with Crippen molar-refractivity contribution in [2.24, 2.45) is 0 Å². The molecule has 0 fully saturated rings. The predicted molar refractivity (Wildman–Crippen MR) is 83.2 cm³/mol. The summed E-state index contributed by atoms with van der Waals surface area (Å²) in [5, 5.41) is 3.39. The zero-order valence-corrected chi connectivity index (χ0v) is 12.7. The molecule has 0 aliphatic rings. The molecule has 0 saturated carbocycles. The van der Waals surface area contributed by atoms with Crippen LogP contribution in [0.3, 0.4) is 0 Å². The number of benzene rings is 2. The van der Waals surface area contributed by atoms with Crippen LogP contribution in [0.5, 0.6) is 0 Å². The third-order valence-electron chi connectivity index (χ3n) is 3.65. The van der Waals surface area contributed by atoms with E-state index >= 15 is 0 Å². The third-order valence-corrected chi connectivity index (χ3v) is 3.65. The highest BCUT2D eigenvalue weighted by atomic mass is 19.1. The van der Waals surface area contributed by atoms with Gasteiger partial charge in [0.1, 0.15) is 11.6 Å². The van der Waals surface area contributed by atoms with Crippen LogP contribution >= 0.6 is 0 Å². The highest BCUT2D eigenvalue weighted by Gasteiger charge is 2.11. The van der Waals surface area contributed by atoms with Gasteiger partial charge in [-0.3, -0.25) is 0 Å². The van der Waals surface area contributed by atoms with Gasteiger partial charge in [-0.05, 0) is 61.7 Å².